The van der Waals surface area contributed by atoms with E-state index in [1.54, 1.807) is 4.68 Å². The molecule has 4 aromatic rings. The van der Waals surface area contributed by atoms with Gasteiger partial charge in [-0.15, -0.1) is 0 Å². The first-order valence-corrected chi connectivity index (χ1v) is 7.13. The van der Waals surface area contributed by atoms with Crippen LogP contribution in [0.1, 0.15) is 0 Å². The summed E-state index contributed by atoms with van der Waals surface area (Å²) < 4.78 is 1.73. The molecule has 6 nitrogen and oxygen atoms in total. The van der Waals surface area contributed by atoms with E-state index in [9.17, 15) is 4.79 Å². The van der Waals surface area contributed by atoms with Crippen molar-refractivity contribution in [3.05, 3.63) is 71.0 Å². The number of benzene rings is 2. The number of hydrogen-bond acceptors (Lipinski definition) is 4. The molecule has 0 unspecified atom stereocenters. The third-order valence-corrected chi connectivity index (χ3v) is 3.68. The molecule has 0 radical (unpaired) electrons. The van der Waals surface area contributed by atoms with E-state index >= 15 is 0 Å². The van der Waals surface area contributed by atoms with Crippen LogP contribution >= 0.6 is 0 Å². The Bertz CT molecular complexity index is 1040. The van der Waals surface area contributed by atoms with Gasteiger partial charge in [-0.1, -0.05) is 48.5 Å². The van der Waals surface area contributed by atoms with Crippen LogP contribution in [0.3, 0.4) is 0 Å². The van der Waals surface area contributed by atoms with Gasteiger partial charge in [-0.3, -0.25) is 4.79 Å². The van der Waals surface area contributed by atoms with Gasteiger partial charge >= 0.3 is 0 Å². The van der Waals surface area contributed by atoms with Crippen molar-refractivity contribution in [1.29, 1.82) is 0 Å². The number of nitrogens with zero attached hydrogens (tertiary/aromatic N) is 3. The Labute approximate surface area is 131 Å². The quantitative estimate of drug-likeness (QED) is 0.595. The molecule has 2 heterocycles. The average molecular weight is 303 g/mol. The number of aromatic amines is 1. The van der Waals surface area contributed by atoms with Crippen LogP contribution in [0.4, 0.5) is 5.82 Å². The zero-order valence-electron chi connectivity index (χ0n) is 12.1. The minimum absolute atomic E-state index is 0.251. The van der Waals surface area contributed by atoms with Crippen LogP contribution in [0, 0.1) is 0 Å². The van der Waals surface area contributed by atoms with E-state index in [1.165, 1.54) is 0 Å². The van der Waals surface area contributed by atoms with Gasteiger partial charge in [0.15, 0.2) is 11.3 Å². The highest BCUT2D eigenvalue weighted by molar-refractivity contribution is 6.00. The minimum Gasteiger partial charge on any atom is -0.382 e. The van der Waals surface area contributed by atoms with Crippen LogP contribution in [0.5, 0.6) is 0 Å². The lowest BCUT2D eigenvalue weighted by atomic mass is 10.1. The minimum atomic E-state index is -0.360. The normalized spacial score (nSPS) is 11.0. The summed E-state index contributed by atoms with van der Waals surface area (Å²) in [6, 6.07) is 19.3. The number of nitrogens with one attached hydrogen (secondary N) is 1. The molecule has 4 rings (SSSR count). The number of anilines is 1. The van der Waals surface area contributed by atoms with E-state index in [-0.39, 0.29) is 16.9 Å². The number of fused-ring (bicyclic) bond motifs is 1. The summed E-state index contributed by atoms with van der Waals surface area (Å²) in [6.45, 7) is 0. The first-order valence-electron chi connectivity index (χ1n) is 7.13. The Morgan fingerprint density at radius 3 is 2.30 bits per heavy atom. The van der Waals surface area contributed by atoms with Crippen LogP contribution < -0.4 is 11.3 Å². The monoisotopic (exact) mass is 303 g/mol. The summed E-state index contributed by atoms with van der Waals surface area (Å²) in [6.07, 6.45) is 0. The summed E-state index contributed by atoms with van der Waals surface area (Å²) in [7, 11) is 0. The van der Waals surface area contributed by atoms with Gasteiger partial charge in [-0.05, 0) is 12.1 Å². The number of H-pyrrole nitrogens is 1. The zero-order chi connectivity index (χ0) is 15.8. The van der Waals surface area contributed by atoms with Gasteiger partial charge in [-0.2, -0.15) is 10.2 Å². The van der Waals surface area contributed by atoms with Crippen LogP contribution in [0.2, 0.25) is 0 Å². The summed E-state index contributed by atoms with van der Waals surface area (Å²) in [5.74, 6) is 0.251. The predicted molar refractivity (Wildman–Crippen MR) is 89.3 cm³/mol. The van der Waals surface area contributed by atoms with Gasteiger partial charge in [0.05, 0.1) is 16.8 Å². The Kier molecular flexibility index (Phi) is 2.94. The third kappa shape index (κ3) is 2.08. The lowest BCUT2D eigenvalue weighted by Gasteiger charge is -2.08. The molecular formula is C17H13N5O. The van der Waals surface area contributed by atoms with E-state index in [4.69, 9.17) is 5.73 Å². The van der Waals surface area contributed by atoms with Crippen molar-refractivity contribution in [2.75, 3.05) is 5.73 Å². The van der Waals surface area contributed by atoms with Crippen LogP contribution in [0.25, 0.3) is 27.8 Å². The van der Waals surface area contributed by atoms with Gasteiger partial charge in [-0.25, -0.2) is 9.78 Å². The second-order valence-electron chi connectivity index (χ2n) is 5.12. The number of nitrogen functional groups attached to an aromatic ring is 1. The van der Waals surface area contributed by atoms with Crippen molar-refractivity contribution in [1.82, 2.24) is 20.0 Å². The maximum Gasteiger partial charge on any atom is 0.292 e. The molecule has 0 amide bonds. The molecule has 0 saturated carbocycles. The summed E-state index contributed by atoms with van der Waals surface area (Å²) in [4.78, 5) is 12.1. The molecule has 112 valence electrons. The topological polar surface area (TPSA) is 89.6 Å². The van der Waals surface area contributed by atoms with Crippen molar-refractivity contribution < 1.29 is 0 Å². The lowest BCUT2D eigenvalue weighted by Crippen LogP contribution is -2.10. The smallest absolute Gasteiger partial charge is 0.292 e. The van der Waals surface area contributed by atoms with Crippen molar-refractivity contribution in [2.24, 2.45) is 0 Å². The Morgan fingerprint density at radius 2 is 1.61 bits per heavy atom. The fourth-order valence-corrected chi connectivity index (χ4v) is 2.66. The standard InChI is InChI=1S/C17H13N5O/c18-16-13-14(17(23)20-19-16)21-22(12-9-5-2-6-10-12)15(13)11-7-3-1-4-8-11/h1-10H,(H2,18,19)(H,20,23). The molecule has 3 N–H and O–H groups in total. The molecule has 0 aliphatic rings. The molecule has 0 aliphatic carbocycles. The van der Waals surface area contributed by atoms with E-state index in [0.29, 0.717) is 5.39 Å². The second kappa shape index (κ2) is 5.10. The fourth-order valence-electron chi connectivity index (χ4n) is 2.66. The molecule has 0 fully saturated rings. The molecule has 6 heteroatoms. The first-order chi connectivity index (χ1) is 11.3. The SMILES string of the molecule is Nc1n[nH]c(=O)c2nn(-c3ccccc3)c(-c3ccccc3)c12. The van der Waals surface area contributed by atoms with Gasteiger partial charge in [0, 0.05) is 5.56 Å². The van der Waals surface area contributed by atoms with Crippen molar-refractivity contribution in [3.63, 3.8) is 0 Å². The summed E-state index contributed by atoms with van der Waals surface area (Å²) >= 11 is 0. The van der Waals surface area contributed by atoms with Crippen molar-refractivity contribution in [2.45, 2.75) is 0 Å². The number of hydrogen-bond donors (Lipinski definition) is 2. The lowest BCUT2D eigenvalue weighted by molar-refractivity contribution is 0.898. The number of nitrogens with two attached hydrogens (primary N) is 1. The molecule has 23 heavy (non-hydrogen) atoms. The number of rotatable bonds is 2. The zero-order valence-corrected chi connectivity index (χ0v) is 12.1. The molecule has 0 aliphatic heterocycles. The Hall–Kier alpha value is -3.41. The largest absolute Gasteiger partial charge is 0.382 e. The first kappa shape index (κ1) is 13.3. The average Bonchev–Trinajstić information content (AvgIpc) is 3.02. The molecular weight excluding hydrogens is 290 g/mol. The molecule has 0 atom stereocenters. The highest BCUT2D eigenvalue weighted by Crippen LogP contribution is 2.31. The van der Waals surface area contributed by atoms with E-state index in [1.807, 2.05) is 60.7 Å². The summed E-state index contributed by atoms with van der Waals surface area (Å²) in [5.41, 5.74) is 8.45. The predicted octanol–water partition coefficient (Wildman–Crippen LogP) is 2.36. The molecule has 2 aromatic carbocycles. The highest BCUT2D eigenvalue weighted by atomic mass is 16.1. The maximum atomic E-state index is 12.1. The molecule has 0 spiro atoms. The van der Waals surface area contributed by atoms with Gasteiger partial charge in [0.25, 0.3) is 5.56 Å². The maximum absolute atomic E-state index is 12.1. The van der Waals surface area contributed by atoms with E-state index < -0.39 is 0 Å². The summed E-state index contributed by atoms with van der Waals surface area (Å²) in [5, 5.41) is 11.3. The number of aromatic nitrogens is 4. The molecule has 0 saturated heterocycles. The van der Waals surface area contributed by atoms with Crippen molar-refractivity contribution >= 4 is 16.7 Å². The van der Waals surface area contributed by atoms with Crippen LogP contribution in [-0.4, -0.2) is 20.0 Å². The third-order valence-electron chi connectivity index (χ3n) is 3.68. The molecule has 2 aromatic heterocycles. The Morgan fingerprint density at radius 1 is 0.957 bits per heavy atom. The van der Waals surface area contributed by atoms with Crippen LogP contribution in [0.15, 0.2) is 65.5 Å². The van der Waals surface area contributed by atoms with Gasteiger partial charge in [0.2, 0.25) is 0 Å². The van der Waals surface area contributed by atoms with E-state index in [0.717, 1.165) is 16.9 Å². The highest BCUT2D eigenvalue weighted by Gasteiger charge is 2.19. The van der Waals surface area contributed by atoms with Gasteiger partial charge in [0.1, 0.15) is 0 Å². The number of para-hydroxylation sites is 1. The second-order valence-corrected chi connectivity index (χ2v) is 5.12. The fraction of sp³-hybridized carbons (Fsp3) is 0. The molecule has 0 bridgehead atoms. The van der Waals surface area contributed by atoms with Crippen LogP contribution in [-0.2, 0) is 0 Å². The Balaban J connectivity index is 2.17. The van der Waals surface area contributed by atoms with Gasteiger partial charge < -0.3 is 5.73 Å². The van der Waals surface area contributed by atoms with Crippen molar-refractivity contribution in [3.8, 4) is 16.9 Å². The van der Waals surface area contributed by atoms with E-state index in [2.05, 4.69) is 15.3 Å².